The highest BCUT2D eigenvalue weighted by molar-refractivity contribution is 8.03. The number of likely N-dealkylation sites (N-methyl/N-ethyl adjacent to an activating group) is 1. The number of fused-ring (bicyclic) bond motifs is 1. The maximum atomic E-state index is 13.6. The molecule has 3 fully saturated rings. The van der Waals surface area contributed by atoms with Crippen LogP contribution < -0.4 is 5.32 Å². The van der Waals surface area contributed by atoms with Gasteiger partial charge in [-0.15, -0.1) is 11.8 Å². The van der Waals surface area contributed by atoms with Crippen LogP contribution in [-0.2, 0) is 37.1 Å². The Kier molecular flexibility index (Phi) is 11.8. The van der Waals surface area contributed by atoms with Crippen LogP contribution in [0.1, 0.15) is 37.8 Å². The van der Waals surface area contributed by atoms with E-state index in [0.29, 0.717) is 48.5 Å². The van der Waals surface area contributed by atoms with Gasteiger partial charge in [-0.25, -0.2) is 9.59 Å². The van der Waals surface area contributed by atoms with Crippen molar-refractivity contribution in [2.45, 2.75) is 69.4 Å². The van der Waals surface area contributed by atoms with Gasteiger partial charge in [-0.3, -0.25) is 29.8 Å². The molecule has 0 aliphatic carbocycles. The average molecular weight is 780 g/mol. The molecule has 0 unspecified atom stereocenters. The number of amides is 3. The molecule has 0 aromatic heterocycles. The summed E-state index contributed by atoms with van der Waals surface area (Å²) in [5, 5.41) is 35.4. The van der Waals surface area contributed by atoms with Crippen LogP contribution >= 0.6 is 11.8 Å². The number of hydrogen-bond donors (Lipinski definition) is 2. The van der Waals surface area contributed by atoms with E-state index in [9.17, 15) is 44.5 Å². The Morgan fingerprint density at radius 3 is 2.24 bits per heavy atom. The normalized spacial score (nSPS) is 25.1. The van der Waals surface area contributed by atoms with Gasteiger partial charge in [-0.1, -0.05) is 6.92 Å². The third-order valence-corrected chi connectivity index (χ3v) is 11.9. The maximum Gasteiger partial charge on any atom is 0.435 e. The smallest absolute Gasteiger partial charge is 0.435 e. The number of nitrogens with one attached hydrogen (secondary N) is 1. The van der Waals surface area contributed by atoms with Crippen LogP contribution in [0.3, 0.4) is 0 Å². The van der Waals surface area contributed by atoms with Gasteiger partial charge in [-0.05, 0) is 55.2 Å². The molecule has 19 heteroatoms. The Bertz CT molecular complexity index is 1910. The molecule has 3 amide bonds. The molecular weight excluding hydrogens is 739 g/mol. The molecular formula is C36H41N7O11S. The molecule has 0 saturated carbocycles. The van der Waals surface area contributed by atoms with Gasteiger partial charge < -0.3 is 34.6 Å². The van der Waals surface area contributed by atoms with E-state index in [1.54, 1.807) is 18.9 Å². The predicted octanol–water partition coefficient (Wildman–Crippen LogP) is 2.98. The van der Waals surface area contributed by atoms with Crippen molar-refractivity contribution < 1.29 is 43.6 Å². The molecule has 0 bridgehead atoms. The molecule has 6 rings (SSSR count). The lowest BCUT2D eigenvalue weighted by molar-refractivity contribution is -0.385. The molecule has 3 saturated heterocycles. The predicted molar refractivity (Wildman–Crippen MR) is 197 cm³/mol. The number of aliphatic hydroxyl groups is 1. The van der Waals surface area contributed by atoms with Crippen LogP contribution in [0.5, 0.6) is 0 Å². The topological polar surface area (TPSA) is 227 Å². The summed E-state index contributed by atoms with van der Waals surface area (Å²) in [6, 6.07) is 10.2. The molecule has 2 aromatic carbocycles. The number of likely N-dealkylation sites (tertiary alicyclic amines) is 1. The maximum absolute atomic E-state index is 13.6. The molecule has 292 valence electrons. The van der Waals surface area contributed by atoms with E-state index in [2.05, 4.69) is 10.3 Å². The van der Waals surface area contributed by atoms with Crippen LogP contribution in [-0.4, -0.2) is 116 Å². The van der Waals surface area contributed by atoms with Gasteiger partial charge in [0, 0.05) is 67.0 Å². The molecule has 4 aliphatic rings. The van der Waals surface area contributed by atoms with Crippen molar-refractivity contribution in [2.24, 2.45) is 16.8 Å². The van der Waals surface area contributed by atoms with Gasteiger partial charge in [-0.2, -0.15) is 4.99 Å². The van der Waals surface area contributed by atoms with E-state index in [1.165, 1.54) is 71.5 Å². The van der Waals surface area contributed by atoms with Crippen molar-refractivity contribution in [2.75, 3.05) is 26.7 Å². The summed E-state index contributed by atoms with van der Waals surface area (Å²) in [7, 11) is 1.74. The zero-order valence-corrected chi connectivity index (χ0v) is 31.1. The van der Waals surface area contributed by atoms with E-state index in [1.807, 2.05) is 11.8 Å². The standard InChI is InChI=1S/C36H41N7O11S/c1-20-30-29(21(2)44)34(46)41(30)31(35(47)53-17-22-4-8-24(9-5-22)42(49)50)32(20)55-27-14-28(37-15-27)33(45)39(3)26-12-13-40(16-26)19-38-36(48)54-18-23-6-10-25(11-7-23)43(51)52/h4-11,19-21,26-30,37,44H,12-18H2,1-3H3/t20-,21-,26+,27+,28+,29-,30-/m1/s1. The Morgan fingerprint density at radius 2 is 1.65 bits per heavy atom. The van der Waals surface area contributed by atoms with Crippen molar-refractivity contribution in [1.29, 1.82) is 0 Å². The Morgan fingerprint density at radius 1 is 1.05 bits per heavy atom. The molecule has 18 nitrogen and oxygen atoms in total. The number of esters is 1. The summed E-state index contributed by atoms with van der Waals surface area (Å²) in [5.41, 5.74) is 1.08. The Balaban J connectivity index is 1.03. The number of nitro benzene ring substituents is 2. The number of ether oxygens (including phenoxy) is 2. The highest BCUT2D eigenvalue weighted by Crippen LogP contribution is 2.52. The zero-order chi connectivity index (χ0) is 39.6. The molecule has 55 heavy (non-hydrogen) atoms. The van der Waals surface area contributed by atoms with Crippen molar-refractivity contribution in [3.8, 4) is 0 Å². The summed E-state index contributed by atoms with van der Waals surface area (Å²) >= 11 is 1.43. The quantitative estimate of drug-likeness (QED) is 0.0745. The highest BCUT2D eigenvalue weighted by Gasteiger charge is 2.60. The summed E-state index contributed by atoms with van der Waals surface area (Å²) in [5.74, 6) is -2.11. The minimum absolute atomic E-state index is 0.0660. The monoisotopic (exact) mass is 779 g/mol. The fourth-order valence-corrected chi connectivity index (χ4v) is 8.88. The van der Waals surface area contributed by atoms with Crippen molar-refractivity contribution >= 4 is 53.4 Å². The van der Waals surface area contributed by atoms with E-state index in [-0.39, 0.29) is 59.3 Å². The second-order valence-electron chi connectivity index (χ2n) is 14.0. The summed E-state index contributed by atoms with van der Waals surface area (Å²) < 4.78 is 10.8. The van der Waals surface area contributed by atoms with Crippen LogP contribution in [0.4, 0.5) is 16.2 Å². The number of carbonyl (C=O) groups is 4. The lowest BCUT2D eigenvalue weighted by Crippen LogP contribution is -2.63. The van der Waals surface area contributed by atoms with Gasteiger partial charge in [0.05, 0.1) is 46.3 Å². The van der Waals surface area contributed by atoms with Gasteiger partial charge in [0.2, 0.25) is 11.8 Å². The fraction of sp³-hybridized carbons (Fsp3) is 0.472. The lowest BCUT2D eigenvalue weighted by Gasteiger charge is -2.46. The number of nitrogens with zero attached hydrogens (tertiary/aromatic N) is 6. The molecule has 4 heterocycles. The molecule has 0 radical (unpaired) electrons. The number of aliphatic imine (C=N–C) groups is 1. The SMILES string of the molecule is C[C@@H](O)[C@H]1C(=O)N2C(C(=O)OCc3ccc([N+](=O)[O-])cc3)=C(S[C@@H]3CN[C@H](C(=O)N(C)[C@H]4CCN(C=NC(=O)OCc5ccc([N+](=O)[O-])cc5)C4)C3)[C@H](C)[C@H]12. The summed E-state index contributed by atoms with van der Waals surface area (Å²) in [4.78, 5) is 82.8. The number of rotatable bonds is 13. The van der Waals surface area contributed by atoms with Gasteiger partial charge in [0.15, 0.2) is 0 Å². The Labute approximate surface area is 319 Å². The summed E-state index contributed by atoms with van der Waals surface area (Å²) in [6.45, 7) is 4.70. The van der Waals surface area contributed by atoms with E-state index < -0.39 is 46.0 Å². The molecule has 2 N–H and O–H groups in total. The van der Waals surface area contributed by atoms with Gasteiger partial charge >= 0.3 is 12.1 Å². The second-order valence-corrected chi connectivity index (χ2v) is 15.4. The molecule has 0 spiro atoms. The number of β-lactam (4-membered cyclic amide) rings is 1. The van der Waals surface area contributed by atoms with Crippen LogP contribution in [0, 0.1) is 32.1 Å². The first-order valence-corrected chi connectivity index (χ1v) is 18.6. The van der Waals surface area contributed by atoms with E-state index in [4.69, 9.17) is 9.47 Å². The van der Waals surface area contributed by atoms with Crippen molar-refractivity contribution in [3.63, 3.8) is 0 Å². The van der Waals surface area contributed by atoms with E-state index >= 15 is 0 Å². The minimum Gasteiger partial charge on any atom is -0.456 e. The average Bonchev–Trinajstić information content (AvgIpc) is 3.89. The van der Waals surface area contributed by atoms with Crippen molar-refractivity contribution in [3.05, 3.63) is 90.5 Å². The van der Waals surface area contributed by atoms with Gasteiger partial charge in [0.1, 0.15) is 18.9 Å². The number of non-ortho nitro benzene ring substituents is 2. The van der Waals surface area contributed by atoms with Crippen LogP contribution in [0.2, 0.25) is 0 Å². The molecule has 7 atom stereocenters. The van der Waals surface area contributed by atoms with Crippen molar-refractivity contribution in [1.82, 2.24) is 20.0 Å². The zero-order valence-electron chi connectivity index (χ0n) is 30.3. The number of benzene rings is 2. The lowest BCUT2D eigenvalue weighted by atomic mass is 9.79. The summed E-state index contributed by atoms with van der Waals surface area (Å²) in [6.07, 6.45) is 0.782. The first-order chi connectivity index (χ1) is 26.2. The van der Waals surface area contributed by atoms with E-state index in [0.717, 1.165) is 0 Å². The van der Waals surface area contributed by atoms with Gasteiger partial charge in [0.25, 0.3) is 11.4 Å². The number of aliphatic hydroxyl groups excluding tert-OH is 1. The number of hydrogen-bond acceptors (Lipinski definition) is 13. The number of carbonyl (C=O) groups excluding carboxylic acids is 4. The second kappa shape index (κ2) is 16.5. The number of nitro groups is 2. The first-order valence-electron chi connectivity index (χ1n) is 17.7. The fourth-order valence-electron chi connectivity index (χ4n) is 7.40. The third-order valence-electron chi connectivity index (χ3n) is 10.4. The Hall–Kier alpha value is -5.40. The minimum atomic E-state index is -0.912. The third kappa shape index (κ3) is 8.47. The number of thioether (sulfide) groups is 1. The molecule has 4 aliphatic heterocycles. The van der Waals surface area contributed by atoms with Crippen LogP contribution in [0.15, 0.2) is 64.1 Å². The van der Waals surface area contributed by atoms with Crippen LogP contribution in [0.25, 0.3) is 0 Å². The largest absolute Gasteiger partial charge is 0.456 e. The highest BCUT2D eigenvalue weighted by atomic mass is 32.2. The first kappa shape index (κ1) is 39.3. The molecule has 2 aromatic rings.